The molecule has 0 saturated carbocycles. The smallest absolute Gasteiger partial charge is 0.174 e. The van der Waals surface area contributed by atoms with Gasteiger partial charge in [0, 0.05) is 0 Å². The Morgan fingerprint density at radius 1 is 1.80 bits per heavy atom. The van der Waals surface area contributed by atoms with Crippen molar-refractivity contribution < 1.29 is 5.11 Å². The maximum absolute atomic E-state index is 8.90. The number of rotatable bonds is 5. The number of thiocarbonyl (C=S) groups is 1. The Balaban J connectivity index is 3.50. The lowest BCUT2D eigenvalue weighted by Crippen LogP contribution is -2.33. The number of aliphatic hydroxyl groups excluding tert-OH is 1. The fraction of sp³-hybridized carbons (Fsp3) is 0.833. The molecule has 0 heterocycles. The van der Waals surface area contributed by atoms with Crippen LogP contribution in [0.15, 0.2) is 0 Å². The summed E-state index contributed by atoms with van der Waals surface area (Å²) in [6.45, 7) is 0. The van der Waals surface area contributed by atoms with Gasteiger partial charge in [-0.25, -0.2) is 0 Å². The first-order valence-corrected chi connectivity index (χ1v) is 4.91. The topological polar surface area (TPSA) is 32.3 Å². The molecule has 0 unspecified atom stereocenters. The van der Waals surface area contributed by atoms with Gasteiger partial charge in [0.25, 0.3) is 0 Å². The van der Waals surface area contributed by atoms with Crippen LogP contribution in [0.3, 0.4) is 0 Å². The molecule has 0 spiro atoms. The molecule has 0 aliphatic heterocycles. The van der Waals surface area contributed by atoms with Gasteiger partial charge < -0.3 is 10.4 Å². The second kappa shape index (κ2) is 5.95. The van der Waals surface area contributed by atoms with Gasteiger partial charge in [-0.05, 0) is 37.7 Å². The van der Waals surface area contributed by atoms with Crippen LogP contribution < -0.4 is 5.32 Å². The van der Waals surface area contributed by atoms with E-state index in [1.54, 1.807) is 18.8 Å². The van der Waals surface area contributed by atoms with E-state index in [2.05, 4.69) is 17.5 Å². The normalized spacial score (nSPS) is 13.0. The number of likely N-dealkylation sites (N-methyl/N-ethyl adjacent to an activating group) is 1. The van der Waals surface area contributed by atoms with Gasteiger partial charge in [0.15, 0.2) is 5.05 Å². The lowest BCUT2D eigenvalue weighted by molar-refractivity contribution is 0.503. The summed E-state index contributed by atoms with van der Waals surface area (Å²) in [6.07, 6.45) is 2.93. The highest BCUT2D eigenvalue weighted by molar-refractivity contribution is 7.98. The molecule has 0 amide bonds. The van der Waals surface area contributed by atoms with Crippen molar-refractivity contribution in [1.29, 1.82) is 0 Å². The molecule has 0 radical (unpaired) electrons. The van der Waals surface area contributed by atoms with E-state index in [1.807, 2.05) is 6.26 Å². The summed E-state index contributed by atoms with van der Waals surface area (Å²) in [5.74, 6) is 1.02. The Labute approximate surface area is 71.4 Å². The van der Waals surface area contributed by atoms with Crippen LogP contribution in [-0.2, 0) is 0 Å². The predicted octanol–water partition coefficient (Wildman–Crippen LogP) is 1.21. The summed E-state index contributed by atoms with van der Waals surface area (Å²) in [6, 6.07) is -0.0116. The van der Waals surface area contributed by atoms with E-state index in [0.29, 0.717) is 0 Å². The number of aliphatic hydroxyl groups is 1. The minimum absolute atomic E-state index is 0.0116. The maximum atomic E-state index is 8.90. The molecule has 0 fully saturated rings. The number of hydrogen-bond donors (Lipinski definition) is 2. The standard InChI is InChI=1S/C6H13NOS2/c1-7-5(6(8)9)3-4-10-2/h5,7H,3-4H2,1-2H3,(H,8,9)/t5-/m0/s1. The van der Waals surface area contributed by atoms with Crippen molar-refractivity contribution in [3.05, 3.63) is 0 Å². The first-order chi connectivity index (χ1) is 4.72. The molecule has 0 saturated heterocycles. The molecular formula is C6H13NOS2. The Morgan fingerprint density at radius 2 is 2.40 bits per heavy atom. The zero-order valence-corrected chi connectivity index (χ0v) is 7.89. The molecule has 0 aromatic rings. The van der Waals surface area contributed by atoms with Crippen LogP contribution >= 0.6 is 24.0 Å². The zero-order valence-electron chi connectivity index (χ0n) is 6.26. The van der Waals surface area contributed by atoms with E-state index in [0.717, 1.165) is 12.2 Å². The molecular weight excluding hydrogens is 166 g/mol. The molecule has 2 nitrogen and oxygen atoms in total. The van der Waals surface area contributed by atoms with Crippen LogP contribution in [0.25, 0.3) is 0 Å². The molecule has 60 valence electrons. The Hall–Kier alpha value is 0.200. The van der Waals surface area contributed by atoms with Gasteiger partial charge in [-0.2, -0.15) is 11.8 Å². The monoisotopic (exact) mass is 179 g/mol. The number of nitrogens with one attached hydrogen (secondary N) is 1. The quantitative estimate of drug-likeness (QED) is 0.621. The fourth-order valence-corrected chi connectivity index (χ4v) is 1.33. The summed E-state index contributed by atoms with van der Waals surface area (Å²) in [5, 5.41) is 11.9. The van der Waals surface area contributed by atoms with Crippen LogP contribution in [0.2, 0.25) is 0 Å². The first kappa shape index (κ1) is 10.2. The molecule has 0 bridgehead atoms. The second-order valence-electron chi connectivity index (χ2n) is 1.96. The minimum atomic E-state index is -0.0116. The van der Waals surface area contributed by atoms with Crippen molar-refractivity contribution in [3.63, 3.8) is 0 Å². The van der Waals surface area contributed by atoms with Crippen molar-refractivity contribution in [2.45, 2.75) is 12.5 Å². The van der Waals surface area contributed by atoms with Crippen molar-refractivity contribution in [2.75, 3.05) is 19.1 Å². The minimum Gasteiger partial charge on any atom is -0.501 e. The summed E-state index contributed by atoms with van der Waals surface area (Å²) in [5.41, 5.74) is 0. The Morgan fingerprint density at radius 3 is 2.70 bits per heavy atom. The van der Waals surface area contributed by atoms with Crippen LogP contribution in [0.1, 0.15) is 6.42 Å². The lowest BCUT2D eigenvalue weighted by Gasteiger charge is -2.11. The molecule has 4 heteroatoms. The highest BCUT2D eigenvalue weighted by Gasteiger charge is 2.08. The maximum Gasteiger partial charge on any atom is 0.174 e. The lowest BCUT2D eigenvalue weighted by atomic mass is 10.2. The molecule has 0 rings (SSSR count). The molecule has 0 aromatic heterocycles. The largest absolute Gasteiger partial charge is 0.501 e. The van der Waals surface area contributed by atoms with Crippen molar-refractivity contribution in [1.82, 2.24) is 5.32 Å². The van der Waals surface area contributed by atoms with Crippen LogP contribution in [0, 0.1) is 0 Å². The zero-order chi connectivity index (χ0) is 7.98. The number of thioether (sulfide) groups is 1. The molecule has 2 N–H and O–H groups in total. The highest BCUT2D eigenvalue weighted by atomic mass is 32.2. The second-order valence-corrected chi connectivity index (χ2v) is 3.36. The van der Waals surface area contributed by atoms with E-state index < -0.39 is 0 Å². The molecule has 10 heavy (non-hydrogen) atoms. The van der Waals surface area contributed by atoms with Gasteiger partial charge in [0.1, 0.15) is 0 Å². The van der Waals surface area contributed by atoms with Crippen LogP contribution in [0.5, 0.6) is 0 Å². The summed E-state index contributed by atoms with van der Waals surface area (Å²) in [4.78, 5) is 0. The fourth-order valence-electron chi connectivity index (χ4n) is 0.627. The van der Waals surface area contributed by atoms with E-state index in [-0.39, 0.29) is 11.1 Å². The SMILES string of the molecule is CN[C@@H](CCSC)C(O)=S. The van der Waals surface area contributed by atoms with Gasteiger partial charge >= 0.3 is 0 Å². The van der Waals surface area contributed by atoms with Crippen LogP contribution in [0.4, 0.5) is 0 Å². The summed E-state index contributed by atoms with van der Waals surface area (Å²) < 4.78 is 0. The average molecular weight is 179 g/mol. The Kier molecular flexibility index (Phi) is 6.06. The molecule has 0 aliphatic rings. The molecule has 1 atom stereocenters. The number of hydrogen-bond acceptors (Lipinski definition) is 3. The van der Waals surface area contributed by atoms with Crippen molar-refractivity contribution >= 4 is 29.0 Å². The van der Waals surface area contributed by atoms with E-state index in [4.69, 9.17) is 5.11 Å². The van der Waals surface area contributed by atoms with Crippen LogP contribution in [-0.4, -0.2) is 35.3 Å². The van der Waals surface area contributed by atoms with Gasteiger partial charge in [-0.15, -0.1) is 0 Å². The van der Waals surface area contributed by atoms with E-state index in [9.17, 15) is 0 Å². The third-order valence-corrected chi connectivity index (χ3v) is 2.19. The van der Waals surface area contributed by atoms with Crippen molar-refractivity contribution in [2.24, 2.45) is 0 Å². The van der Waals surface area contributed by atoms with E-state index >= 15 is 0 Å². The van der Waals surface area contributed by atoms with Gasteiger partial charge in [-0.1, -0.05) is 0 Å². The van der Waals surface area contributed by atoms with Gasteiger partial charge in [-0.3, -0.25) is 0 Å². The predicted molar refractivity (Wildman–Crippen MR) is 51.1 cm³/mol. The average Bonchev–Trinajstić information content (AvgIpc) is 1.89. The third kappa shape index (κ3) is 4.09. The Bertz CT molecular complexity index is 108. The van der Waals surface area contributed by atoms with Gasteiger partial charge in [0.2, 0.25) is 0 Å². The summed E-state index contributed by atoms with van der Waals surface area (Å²) >= 11 is 6.37. The summed E-state index contributed by atoms with van der Waals surface area (Å²) in [7, 11) is 1.80. The molecule has 0 aliphatic carbocycles. The van der Waals surface area contributed by atoms with E-state index in [1.165, 1.54) is 0 Å². The first-order valence-electron chi connectivity index (χ1n) is 3.11. The highest BCUT2D eigenvalue weighted by Crippen LogP contribution is 2.00. The molecule has 0 aromatic carbocycles. The van der Waals surface area contributed by atoms with Crippen molar-refractivity contribution in [3.8, 4) is 0 Å². The third-order valence-electron chi connectivity index (χ3n) is 1.26. The van der Waals surface area contributed by atoms with Gasteiger partial charge in [0.05, 0.1) is 6.04 Å².